The zero-order valence-corrected chi connectivity index (χ0v) is 12.4. The number of rotatable bonds is 3. The fourth-order valence-corrected chi connectivity index (χ4v) is 2.76. The molecule has 1 saturated heterocycles. The molecule has 0 saturated carbocycles. The van der Waals surface area contributed by atoms with Crippen molar-refractivity contribution in [1.29, 1.82) is 0 Å². The first-order valence-electron chi connectivity index (χ1n) is 7.01. The Morgan fingerprint density at radius 2 is 2.00 bits per heavy atom. The van der Waals surface area contributed by atoms with Crippen LogP contribution >= 0.6 is 0 Å². The van der Waals surface area contributed by atoms with E-state index in [1.807, 2.05) is 0 Å². The van der Waals surface area contributed by atoms with Crippen LogP contribution in [0.15, 0.2) is 18.2 Å². The van der Waals surface area contributed by atoms with Crippen molar-refractivity contribution in [3.8, 4) is 0 Å². The van der Waals surface area contributed by atoms with Crippen LogP contribution < -0.4 is 16.0 Å². The molecule has 1 aliphatic rings. The highest BCUT2D eigenvalue weighted by molar-refractivity contribution is 5.99. The summed E-state index contributed by atoms with van der Waals surface area (Å²) in [5, 5.41) is 2.68. The molecule has 1 fully saturated rings. The standard InChI is InChI=1S/C15H21N3O3/c1-17-14(19)10-6-8-18(9-7-10)13-11(15(20)21-2)4-3-5-12(13)16/h3-5,10H,6-9,16H2,1-2H3,(H,17,19). The van der Waals surface area contributed by atoms with Crippen LogP contribution in [0.2, 0.25) is 0 Å². The molecular weight excluding hydrogens is 270 g/mol. The number of carbonyl (C=O) groups excluding carboxylic acids is 2. The van der Waals surface area contributed by atoms with Crippen LogP contribution in [0.4, 0.5) is 11.4 Å². The maximum atomic E-state index is 11.9. The Morgan fingerprint density at radius 3 is 2.57 bits per heavy atom. The Labute approximate surface area is 124 Å². The zero-order valence-electron chi connectivity index (χ0n) is 12.4. The minimum Gasteiger partial charge on any atom is -0.465 e. The lowest BCUT2D eigenvalue weighted by Crippen LogP contribution is -2.40. The molecule has 0 aromatic heterocycles. The summed E-state index contributed by atoms with van der Waals surface area (Å²) in [7, 11) is 3.01. The van der Waals surface area contributed by atoms with E-state index < -0.39 is 5.97 Å². The molecule has 0 aliphatic carbocycles. The maximum Gasteiger partial charge on any atom is 0.340 e. The first-order valence-corrected chi connectivity index (χ1v) is 7.01. The van der Waals surface area contributed by atoms with Gasteiger partial charge in [-0.3, -0.25) is 4.79 Å². The van der Waals surface area contributed by atoms with Crippen LogP contribution in [0.25, 0.3) is 0 Å². The normalized spacial score (nSPS) is 15.6. The molecule has 3 N–H and O–H groups in total. The molecule has 0 spiro atoms. The van der Waals surface area contributed by atoms with Crippen molar-refractivity contribution < 1.29 is 14.3 Å². The minimum atomic E-state index is -0.397. The number of amides is 1. The number of esters is 1. The van der Waals surface area contributed by atoms with Crippen LogP contribution in [0.3, 0.4) is 0 Å². The largest absolute Gasteiger partial charge is 0.465 e. The number of nitrogens with two attached hydrogens (primary N) is 1. The number of nitrogens with one attached hydrogen (secondary N) is 1. The third kappa shape index (κ3) is 3.09. The summed E-state index contributed by atoms with van der Waals surface area (Å²) < 4.78 is 4.81. The highest BCUT2D eigenvalue weighted by Crippen LogP contribution is 2.32. The second kappa shape index (κ2) is 6.47. The molecule has 0 atom stereocenters. The highest BCUT2D eigenvalue weighted by Gasteiger charge is 2.27. The number of hydrogen-bond acceptors (Lipinski definition) is 5. The van der Waals surface area contributed by atoms with Crippen molar-refractivity contribution in [2.45, 2.75) is 12.8 Å². The molecule has 1 amide bonds. The quantitative estimate of drug-likeness (QED) is 0.641. The average Bonchev–Trinajstić information content (AvgIpc) is 2.53. The van der Waals surface area contributed by atoms with Gasteiger partial charge < -0.3 is 20.7 Å². The van der Waals surface area contributed by atoms with Crippen molar-refractivity contribution in [1.82, 2.24) is 5.32 Å². The Morgan fingerprint density at radius 1 is 1.33 bits per heavy atom. The Kier molecular flexibility index (Phi) is 4.67. The summed E-state index contributed by atoms with van der Waals surface area (Å²) in [4.78, 5) is 25.6. The number of nitrogen functional groups attached to an aromatic ring is 1. The number of anilines is 2. The summed E-state index contributed by atoms with van der Waals surface area (Å²) in [5.41, 5.74) is 7.77. The highest BCUT2D eigenvalue weighted by atomic mass is 16.5. The van der Waals surface area contributed by atoms with Gasteiger partial charge in [-0.1, -0.05) is 6.07 Å². The van der Waals surface area contributed by atoms with Gasteiger partial charge in [0.15, 0.2) is 0 Å². The number of hydrogen-bond donors (Lipinski definition) is 2. The number of para-hydroxylation sites is 1. The van der Waals surface area contributed by atoms with Crippen molar-refractivity contribution in [3.63, 3.8) is 0 Å². The van der Waals surface area contributed by atoms with E-state index in [1.165, 1.54) is 7.11 Å². The monoisotopic (exact) mass is 291 g/mol. The van der Waals surface area contributed by atoms with Crippen LogP contribution in [0.5, 0.6) is 0 Å². The van der Waals surface area contributed by atoms with Gasteiger partial charge in [-0.05, 0) is 25.0 Å². The fraction of sp³-hybridized carbons (Fsp3) is 0.467. The van der Waals surface area contributed by atoms with Gasteiger partial charge in [0, 0.05) is 26.1 Å². The lowest BCUT2D eigenvalue weighted by Gasteiger charge is -2.34. The molecule has 21 heavy (non-hydrogen) atoms. The number of methoxy groups -OCH3 is 1. The maximum absolute atomic E-state index is 11.9. The van der Waals surface area contributed by atoms with E-state index in [0.29, 0.717) is 30.0 Å². The second-order valence-electron chi connectivity index (χ2n) is 5.11. The van der Waals surface area contributed by atoms with Gasteiger partial charge >= 0.3 is 5.97 Å². The molecule has 1 aromatic rings. The Bertz CT molecular complexity index is 537. The molecule has 2 rings (SSSR count). The summed E-state index contributed by atoms with van der Waals surface area (Å²) in [6, 6.07) is 5.22. The zero-order chi connectivity index (χ0) is 15.4. The molecule has 6 nitrogen and oxygen atoms in total. The molecule has 0 radical (unpaired) electrons. The van der Waals surface area contributed by atoms with Gasteiger partial charge in [0.05, 0.1) is 24.0 Å². The summed E-state index contributed by atoms with van der Waals surface area (Å²) in [6.45, 7) is 1.38. The molecule has 1 aliphatic heterocycles. The van der Waals surface area contributed by atoms with Crippen molar-refractivity contribution in [2.24, 2.45) is 5.92 Å². The van der Waals surface area contributed by atoms with Gasteiger partial charge in [0.25, 0.3) is 0 Å². The lowest BCUT2D eigenvalue weighted by atomic mass is 9.95. The number of ether oxygens (including phenoxy) is 1. The van der Waals surface area contributed by atoms with E-state index in [-0.39, 0.29) is 11.8 Å². The SMILES string of the molecule is CNC(=O)C1CCN(c2c(N)cccc2C(=O)OC)CC1. The van der Waals surface area contributed by atoms with E-state index in [1.54, 1.807) is 25.2 Å². The molecule has 114 valence electrons. The smallest absolute Gasteiger partial charge is 0.340 e. The number of nitrogens with zero attached hydrogens (tertiary/aromatic N) is 1. The predicted octanol–water partition coefficient (Wildman–Crippen LogP) is 1.02. The van der Waals surface area contributed by atoms with Gasteiger partial charge in [-0.25, -0.2) is 4.79 Å². The topological polar surface area (TPSA) is 84.7 Å². The first kappa shape index (κ1) is 15.2. The summed E-state index contributed by atoms with van der Waals surface area (Å²) >= 11 is 0. The number of piperidine rings is 1. The molecule has 0 unspecified atom stereocenters. The predicted molar refractivity (Wildman–Crippen MR) is 81.2 cm³/mol. The van der Waals surface area contributed by atoms with E-state index in [2.05, 4.69) is 10.2 Å². The van der Waals surface area contributed by atoms with E-state index in [4.69, 9.17) is 10.5 Å². The average molecular weight is 291 g/mol. The second-order valence-corrected chi connectivity index (χ2v) is 5.11. The van der Waals surface area contributed by atoms with Crippen LogP contribution in [-0.4, -0.2) is 39.1 Å². The van der Waals surface area contributed by atoms with Gasteiger partial charge in [-0.2, -0.15) is 0 Å². The Hall–Kier alpha value is -2.24. The van der Waals surface area contributed by atoms with E-state index in [9.17, 15) is 9.59 Å². The number of benzene rings is 1. The molecule has 1 heterocycles. The van der Waals surface area contributed by atoms with Gasteiger partial charge in [0.2, 0.25) is 5.91 Å². The van der Waals surface area contributed by atoms with E-state index >= 15 is 0 Å². The molecule has 0 bridgehead atoms. The summed E-state index contributed by atoms with van der Waals surface area (Å²) in [6.07, 6.45) is 1.49. The summed E-state index contributed by atoms with van der Waals surface area (Å²) in [5.74, 6) is -0.299. The number of carbonyl (C=O) groups is 2. The van der Waals surface area contributed by atoms with E-state index in [0.717, 1.165) is 12.8 Å². The first-order chi connectivity index (χ1) is 10.1. The fourth-order valence-electron chi connectivity index (χ4n) is 2.76. The van der Waals surface area contributed by atoms with Crippen LogP contribution in [0.1, 0.15) is 23.2 Å². The van der Waals surface area contributed by atoms with Crippen molar-refractivity contribution in [3.05, 3.63) is 23.8 Å². The molecule has 1 aromatic carbocycles. The van der Waals surface area contributed by atoms with Gasteiger partial charge in [-0.15, -0.1) is 0 Å². The lowest BCUT2D eigenvalue weighted by molar-refractivity contribution is -0.125. The van der Waals surface area contributed by atoms with Gasteiger partial charge in [0.1, 0.15) is 0 Å². The minimum absolute atomic E-state index is 0.0257. The molecule has 6 heteroatoms. The van der Waals surface area contributed by atoms with Crippen LogP contribution in [-0.2, 0) is 9.53 Å². The van der Waals surface area contributed by atoms with Crippen LogP contribution in [0, 0.1) is 5.92 Å². The Balaban J connectivity index is 2.20. The van der Waals surface area contributed by atoms with Crippen molar-refractivity contribution >= 4 is 23.3 Å². The third-order valence-corrected chi connectivity index (χ3v) is 3.90. The van der Waals surface area contributed by atoms with Crippen molar-refractivity contribution in [2.75, 3.05) is 37.9 Å². The third-order valence-electron chi connectivity index (χ3n) is 3.90. The molecular formula is C15H21N3O3.